The molecule has 3 atom stereocenters. The van der Waals surface area contributed by atoms with Crippen molar-refractivity contribution in [1.82, 2.24) is 9.88 Å². The Kier molecular flexibility index (Phi) is 3.55. The van der Waals surface area contributed by atoms with E-state index in [0.29, 0.717) is 6.04 Å². The van der Waals surface area contributed by atoms with Crippen LogP contribution >= 0.6 is 0 Å². The van der Waals surface area contributed by atoms with Crippen LogP contribution < -0.4 is 4.74 Å². The lowest BCUT2D eigenvalue weighted by molar-refractivity contribution is -0.110. The fourth-order valence-electron chi connectivity index (χ4n) is 3.84. The van der Waals surface area contributed by atoms with E-state index in [0.717, 1.165) is 32.0 Å². The molecule has 0 bridgehead atoms. The predicted molar refractivity (Wildman–Crippen MR) is 75.7 cm³/mol. The topological polar surface area (TPSA) is 34.6 Å². The summed E-state index contributed by atoms with van der Waals surface area (Å²) in [5, 5.41) is 0. The van der Waals surface area contributed by atoms with Crippen LogP contribution in [0.15, 0.2) is 18.3 Å². The van der Waals surface area contributed by atoms with E-state index in [1.165, 1.54) is 25.3 Å². The second-order valence-electron chi connectivity index (χ2n) is 6.25. The van der Waals surface area contributed by atoms with E-state index >= 15 is 0 Å². The first-order valence-electron chi connectivity index (χ1n) is 7.97. The van der Waals surface area contributed by atoms with Crippen LogP contribution in [-0.2, 0) is 4.74 Å². The third-order valence-electron chi connectivity index (χ3n) is 5.11. The van der Waals surface area contributed by atoms with Gasteiger partial charge in [-0.3, -0.25) is 4.90 Å². The van der Waals surface area contributed by atoms with Crippen LogP contribution in [0.5, 0.6) is 5.88 Å². The molecule has 0 N–H and O–H groups in total. The molecule has 0 aromatic carbocycles. The molecule has 2 aliphatic carbocycles. The van der Waals surface area contributed by atoms with Gasteiger partial charge in [-0.1, -0.05) is 6.42 Å². The Labute approximate surface area is 124 Å². The largest absolute Gasteiger partial charge is 0.469 e. The van der Waals surface area contributed by atoms with Gasteiger partial charge >= 0.3 is 0 Å². The molecule has 2 heterocycles. The number of aromatic nitrogens is 1. The quantitative estimate of drug-likeness (QED) is 0.857. The smallest absolute Gasteiger partial charge is 0.250 e. The van der Waals surface area contributed by atoms with Gasteiger partial charge in [0.15, 0.2) is 5.82 Å². The van der Waals surface area contributed by atoms with Crippen molar-refractivity contribution in [1.29, 1.82) is 0 Å². The summed E-state index contributed by atoms with van der Waals surface area (Å²) in [5.41, 5.74) is 0. The van der Waals surface area contributed by atoms with Crippen molar-refractivity contribution in [2.45, 2.75) is 56.4 Å². The minimum absolute atomic E-state index is 0.0563. The van der Waals surface area contributed by atoms with Crippen LogP contribution in [0.3, 0.4) is 0 Å². The lowest BCUT2D eigenvalue weighted by atomic mass is 9.89. The summed E-state index contributed by atoms with van der Waals surface area (Å²) in [6.07, 6.45) is 7.48. The molecule has 1 aliphatic heterocycles. The normalized spacial score (nSPS) is 33.5. The maximum Gasteiger partial charge on any atom is 0.250 e. The van der Waals surface area contributed by atoms with Gasteiger partial charge in [-0.15, -0.1) is 0 Å². The Morgan fingerprint density at radius 3 is 2.95 bits per heavy atom. The molecule has 1 saturated heterocycles. The third kappa shape index (κ3) is 2.42. The molecule has 5 heteroatoms. The van der Waals surface area contributed by atoms with Crippen molar-refractivity contribution in [3.05, 3.63) is 24.1 Å². The summed E-state index contributed by atoms with van der Waals surface area (Å²) in [5.74, 6) is -0.292. The van der Waals surface area contributed by atoms with Gasteiger partial charge < -0.3 is 9.47 Å². The number of halogens is 1. The molecule has 3 aliphatic rings. The monoisotopic (exact) mass is 292 g/mol. The van der Waals surface area contributed by atoms with Gasteiger partial charge in [0.2, 0.25) is 0 Å². The Hall–Kier alpha value is -1.20. The van der Waals surface area contributed by atoms with Crippen LogP contribution in [0.2, 0.25) is 0 Å². The number of rotatable bonds is 3. The van der Waals surface area contributed by atoms with Gasteiger partial charge in [-0.05, 0) is 37.8 Å². The SMILES string of the molecule is Fc1cccnc1O[C@@H]1CC[C@@H]2[C@@H]1OCCN2C1CCC1. The molecule has 0 spiro atoms. The maximum absolute atomic E-state index is 13.7. The van der Waals surface area contributed by atoms with Crippen LogP contribution in [0.4, 0.5) is 4.39 Å². The minimum Gasteiger partial charge on any atom is -0.469 e. The summed E-state index contributed by atoms with van der Waals surface area (Å²) in [7, 11) is 0. The average Bonchev–Trinajstić information content (AvgIpc) is 2.84. The molecular weight excluding hydrogens is 271 g/mol. The Morgan fingerprint density at radius 1 is 1.29 bits per heavy atom. The highest BCUT2D eigenvalue weighted by Gasteiger charge is 2.46. The summed E-state index contributed by atoms with van der Waals surface area (Å²) < 4.78 is 25.5. The van der Waals surface area contributed by atoms with E-state index in [-0.39, 0.29) is 18.1 Å². The molecule has 114 valence electrons. The fourth-order valence-corrected chi connectivity index (χ4v) is 3.84. The summed E-state index contributed by atoms with van der Waals surface area (Å²) in [6, 6.07) is 4.12. The first-order valence-corrected chi connectivity index (χ1v) is 7.97. The zero-order valence-electron chi connectivity index (χ0n) is 12.1. The predicted octanol–water partition coefficient (Wildman–Crippen LogP) is 2.38. The van der Waals surface area contributed by atoms with E-state index in [9.17, 15) is 4.39 Å². The van der Waals surface area contributed by atoms with E-state index in [2.05, 4.69) is 9.88 Å². The highest BCUT2D eigenvalue weighted by molar-refractivity contribution is 5.14. The molecule has 3 fully saturated rings. The number of nitrogens with zero attached hydrogens (tertiary/aromatic N) is 2. The number of morpholine rings is 1. The summed E-state index contributed by atoms with van der Waals surface area (Å²) in [4.78, 5) is 6.60. The summed E-state index contributed by atoms with van der Waals surface area (Å²) in [6.45, 7) is 1.78. The molecule has 4 rings (SSSR count). The maximum atomic E-state index is 13.7. The molecule has 1 aromatic heterocycles. The first kappa shape index (κ1) is 13.5. The molecule has 0 unspecified atom stereocenters. The van der Waals surface area contributed by atoms with Crippen LogP contribution in [0.25, 0.3) is 0 Å². The van der Waals surface area contributed by atoms with Gasteiger partial charge in [-0.25, -0.2) is 9.37 Å². The average molecular weight is 292 g/mol. The lowest BCUT2D eigenvalue weighted by Gasteiger charge is -2.46. The third-order valence-corrected chi connectivity index (χ3v) is 5.11. The van der Waals surface area contributed by atoms with Crippen LogP contribution in [0, 0.1) is 5.82 Å². The lowest BCUT2D eigenvalue weighted by Crippen LogP contribution is -2.57. The minimum atomic E-state index is -0.396. The van der Waals surface area contributed by atoms with E-state index in [1.807, 2.05) is 0 Å². The standard InChI is InChI=1S/C16H21FN2O2/c17-12-5-2-8-18-16(12)21-14-7-6-13-15(14)20-10-9-19(13)11-3-1-4-11/h2,5,8,11,13-15H,1,3-4,6-7,9-10H2/t13-,14-,15+/m1/s1. The fraction of sp³-hybridized carbons (Fsp3) is 0.688. The van der Waals surface area contributed by atoms with Crippen molar-refractivity contribution in [3.63, 3.8) is 0 Å². The number of pyridine rings is 1. The number of ether oxygens (including phenoxy) is 2. The van der Waals surface area contributed by atoms with Crippen molar-refractivity contribution in [2.24, 2.45) is 0 Å². The number of fused-ring (bicyclic) bond motifs is 1. The molecule has 0 radical (unpaired) electrons. The number of hydrogen-bond acceptors (Lipinski definition) is 4. The van der Waals surface area contributed by atoms with Gasteiger partial charge in [-0.2, -0.15) is 0 Å². The van der Waals surface area contributed by atoms with Crippen molar-refractivity contribution in [3.8, 4) is 5.88 Å². The van der Waals surface area contributed by atoms with Crippen molar-refractivity contribution < 1.29 is 13.9 Å². The van der Waals surface area contributed by atoms with E-state index in [4.69, 9.17) is 9.47 Å². The molecule has 1 aromatic rings. The van der Waals surface area contributed by atoms with Gasteiger partial charge in [0.1, 0.15) is 12.2 Å². The zero-order chi connectivity index (χ0) is 14.2. The second-order valence-corrected chi connectivity index (χ2v) is 6.25. The van der Waals surface area contributed by atoms with Gasteiger partial charge in [0.25, 0.3) is 5.88 Å². The second kappa shape index (κ2) is 5.54. The zero-order valence-corrected chi connectivity index (χ0v) is 12.1. The molecular formula is C16H21FN2O2. The Bertz CT molecular complexity index is 509. The van der Waals surface area contributed by atoms with Gasteiger partial charge in [0.05, 0.1) is 6.61 Å². The first-order chi connectivity index (χ1) is 10.3. The highest BCUT2D eigenvalue weighted by atomic mass is 19.1. The van der Waals surface area contributed by atoms with Gasteiger partial charge in [0, 0.05) is 24.8 Å². The molecule has 4 nitrogen and oxygen atoms in total. The van der Waals surface area contributed by atoms with Crippen LogP contribution in [0.1, 0.15) is 32.1 Å². The van der Waals surface area contributed by atoms with Crippen molar-refractivity contribution in [2.75, 3.05) is 13.2 Å². The summed E-state index contributed by atoms with van der Waals surface area (Å²) >= 11 is 0. The molecule has 0 amide bonds. The number of hydrogen-bond donors (Lipinski definition) is 0. The van der Waals surface area contributed by atoms with E-state index < -0.39 is 5.82 Å². The molecule has 2 saturated carbocycles. The Balaban J connectivity index is 1.47. The van der Waals surface area contributed by atoms with Crippen molar-refractivity contribution >= 4 is 0 Å². The van der Waals surface area contributed by atoms with Crippen LogP contribution in [-0.4, -0.2) is 47.3 Å². The highest BCUT2D eigenvalue weighted by Crippen LogP contribution is 2.37. The molecule has 21 heavy (non-hydrogen) atoms. The Morgan fingerprint density at radius 2 is 2.19 bits per heavy atom. The van der Waals surface area contributed by atoms with E-state index in [1.54, 1.807) is 12.3 Å².